The van der Waals surface area contributed by atoms with Crippen molar-refractivity contribution in [3.05, 3.63) is 16.7 Å². The Morgan fingerprint density at radius 1 is 1.55 bits per heavy atom. The minimum absolute atomic E-state index is 0.0503. The first-order chi connectivity index (χ1) is 13.6. The number of fused-ring (bicyclic) bond motifs is 1. The van der Waals surface area contributed by atoms with Crippen LogP contribution in [0, 0.1) is 11.8 Å². The number of amides is 1. The number of nitrogens with one attached hydrogen (secondary N) is 2. The standard InChI is InChI=1S/C15H15F3N6O5/c16-15(17,18)12(28)20-3-1-2-14(4-7(26)8(5-25)29-14)24-6-21-9-10(24)22-13(19)23-11(9)27/h6-8,25-26H,3-5H2,(H,20,28)(H3,19,22,23,27)/t7-,8+,14+/m0/s1. The van der Waals surface area contributed by atoms with Crippen LogP contribution in [0.5, 0.6) is 0 Å². The van der Waals surface area contributed by atoms with E-state index in [4.69, 9.17) is 10.5 Å². The zero-order valence-corrected chi connectivity index (χ0v) is 14.5. The second-order valence-electron chi connectivity index (χ2n) is 6.11. The Morgan fingerprint density at radius 2 is 2.28 bits per heavy atom. The van der Waals surface area contributed by atoms with Crippen LogP contribution in [0.1, 0.15) is 6.42 Å². The quantitative estimate of drug-likeness (QED) is 0.364. The molecule has 1 aliphatic rings. The van der Waals surface area contributed by atoms with Gasteiger partial charge in [0.25, 0.3) is 5.56 Å². The van der Waals surface area contributed by atoms with Crippen LogP contribution in [0.25, 0.3) is 11.2 Å². The molecule has 1 aliphatic heterocycles. The van der Waals surface area contributed by atoms with Crippen molar-refractivity contribution in [3.63, 3.8) is 0 Å². The minimum Gasteiger partial charge on any atom is -0.394 e. The number of hydrogen-bond donors (Lipinski definition) is 5. The molecule has 0 spiro atoms. The zero-order valence-electron chi connectivity index (χ0n) is 14.5. The second kappa shape index (κ2) is 7.35. The Kier molecular flexibility index (Phi) is 5.22. The molecule has 156 valence electrons. The Bertz CT molecular complexity index is 1050. The lowest BCUT2D eigenvalue weighted by atomic mass is 10.1. The molecule has 11 nitrogen and oxygen atoms in total. The van der Waals surface area contributed by atoms with Gasteiger partial charge in [0, 0.05) is 6.42 Å². The van der Waals surface area contributed by atoms with Crippen molar-refractivity contribution in [3.8, 4) is 11.8 Å². The predicted octanol–water partition coefficient (Wildman–Crippen LogP) is -1.82. The first kappa shape index (κ1) is 20.6. The van der Waals surface area contributed by atoms with Gasteiger partial charge in [-0.1, -0.05) is 5.92 Å². The summed E-state index contributed by atoms with van der Waals surface area (Å²) in [6, 6.07) is 0. The van der Waals surface area contributed by atoms with E-state index in [9.17, 15) is 33.0 Å². The highest BCUT2D eigenvalue weighted by Gasteiger charge is 2.47. The van der Waals surface area contributed by atoms with Gasteiger partial charge in [0.2, 0.25) is 11.7 Å². The van der Waals surface area contributed by atoms with Gasteiger partial charge in [-0.25, -0.2) is 4.98 Å². The van der Waals surface area contributed by atoms with Crippen molar-refractivity contribution in [2.24, 2.45) is 0 Å². The largest absolute Gasteiger partial charge is 0.471 e. The first-order valence-electron chi connectivity index (χ1n) is 8.12. The van der Waals surface area contributed by atoms with E-state index in [1.165, 1.54) is 4.57 Å². The molecule has 3 rings (SSSR count). The van der Waals surface area contributed by atoms with Gasteiger partial charge in [-0.15, -0.1) is 0 Å². The highest BCUT2D eigenvalue weighted by atomic mass is 19.4. The molecule has 0 aliphatic carbocycles. The van der Waals surface area contributed by atoms with Gasteiger partial charge in [-0.3, -0.25) is 19.1 Å². The lowest BCUT2D eigenvalue weighted by molar-refractivity contribution is -0.173. The van der Waals surface area contributed by atoms with Crippen LogP contribution in [0.2, 0.25) is 0 Å². The highest BCUT2D eigenvalue weighted by molar-refractivity contribution is 5.81. The molecule has 0 unspecified atom stereocenters. The summed E-state index contributed by atoms with van der Waals surface area (Å²) in [7, 11) is 0. The number of nitrogen functional groups attached to an aromatic ring is 1. The van der Waals surface area contributed by atoms with Crippen LogP contribution in [0.4, 0.5) is 19.1 Å². The first-order valence-corrected chi connectivity index (χ1v) is 8.12. The average Bonchev–Trinajstić information content (AvgIpc) is 3.19. The van der Waals surface area contributed by atoms with Crippen LogP contribution in [0.3, 0.4) is 0 Å². The molecule has 2 aromatic heterocycles. The van der Waals surface area contributed by atoms with Crippen LogP contribution in [0.15, 0.2) is 11.1 Å². The number of H-pyrrole nitrogens is 1. The molecule has 6 N–H and O–H groups in total. The van der Waals surface area contributed by atoms with E-state index in [0.717, 1.165) is 6.33 Å². The van der Waals surface area contributed by atoms with Gasteiger partial charge in [-0.05, 0) is 5.92 Å². The molecule has 14 heteroatoms. The number of alkyl halides is 3. The van der Waals surface area contributed by atoms with E-state index >= 15 is 0 Å². The molecular weight excluding hydrogens is 401 g/mol. The summed E-state index contributed by atoms with van der Waals surface area (Å²) in [4.78, 5) is 33.0. The summed E-state index contributed by atoms with van der Waals surface area (Å²) in [5, 5.41) is 21.1. The number of aromatic nitrogens is 4. The van der Waals surface area contributed by atoms with Crippen molar-refractivity contribution >= 4 is 23.0 Å². The Hall–Kier alpha value is -3.15. The number of aliphatic hydroxyl groups excluding tert-OH is 2. The van der Waals surface area contributed by atoms with Crippen molar-refractivity contribution in [1.82, 2.24) is 24.8 Å². The SMILES string of the molecule is Nc1nc2c(ncn2[C@@]2(C#CCNC(=O)C(F)(F)F)C[C@H](O)[C@@H](CO)O2)c(=O)[nH]1. The molecule has 0 saturated carbocycles. The third-order valence-corrected chi connectivity index (χ3v) is 4.13. The Morgan fingerprint density at radius 3 is 2.90 bits per heavy atom. The van der Waals surface area contributed by atoms with Gasteiger partial charge < -0.3 is 26.0 Å². The third-order valence-electron chi connectivity index (χ3n) is 4.13. The normalized spacial score (nSPS) is 24.3. The summed E-state index contributed by atoms with van der Waals surface area (Å²) in [6.45, 7) is -1.25. The van der Waals surface area contributed by atoms with Crippen LogP contribution in [-0.4, -0.2) is 67.2 Å². The van der Waals surface area contributed by atoms with Crippen molar-refractivity contribution in [2.45, 2.75) is 30.5 Å². The van der Waals surface area contributed by atoms with Gasteiger partial charge in [0.05, 0.1) is 19.3 Å². The lowest BCUT2D eigenvalue weighted by Crippen LogP contribution is -2.37. The summed E-state index contributed by atoms with van der Waals surface area (Å²) < 4.78 is 43.6. The maximum Gasteiger partial charge on any atom is 0.471 e. The summed E-state index contributed by atoms with van der Waals surface area (Å²) >= 11 is 0. The molecule has 2 aromatic rings. The zero-order chi connectivity index (χ0) is 21.4. The van der Waals surface area contributed by atoms with E-state index in [-0.39, 0.29) is 23.5 Å². The van der Waals surface area contributed by atoms with E-state index < -0.39 is 48.7 Å². The maximum absolute atomic E-state index is 12.3. The fourth-order valence-corrected chi connectivity index (χ4v) is 2.84. The highest BCUT2D eigenvalue weighted by Crippen LogP contribution is 2.36. The lowest BCUT2D eigenvalue weighted by Gasteiger charge is -2.25. The maximum atomic E-state index is 12.3. The van der Waals surface area contributed by atoms with E-state index in [0.29, 0.717) is 0 Å². The van der Waals surface area contributed by atoms with Crippen LogP contribution < -0.4 is 16.6 Å². The van der Waals surface area contributed by atoms with Crippen molar-refractivity contribution in [1.29, 1.82) is 0 Å². The van der Waals surface area contributed by atoms with Gasteiger partial charge in [-0.2, -0.15) is 18.2 Å². The molecule has 0 bridgehead atoms. The summed E-state index contributed by atoms with van der Waals surface area (Å²) in [6.07, 6.45) is -6.40. The fourth-order valence-electron chi connectivity index (χ4n) is 2.84. The number of hydrogen-bond acceptors (Lipinski definition) is 8. The fraction of sp³-hybridized carbons (Fsp3) is 0.467. The number of nitrogens with two attached hydrogens (primary N) is 1. The minimum atomic E-state index is -5.07. The summed E-state index contributed by atoms with van der Waals surface area (Å²) in [5.74, 6) is 2.45. The molecule has 3 heterocycles. The topological polar surface area (TPSA) is 168 Å². The number of aromatic amines is 1. The molecule has 3 atom stereocenters. The predicted molar refractivity (Wildman–Crippen MR) is 90.0 cm³/mol. The third kappa shape index (κ3) is 3.88. The Labute approximate surface area is 159 Å². The second-order valence-corrected chi connectivity index (χ2v) is 6.11. The van der Waals surface area contributed by atoms with E-state index in [1.807, 2.05) is 0 Å². The number of halogens is 3. The van der Waals surface area contributed by atoms with Gasteiger partial charge in [0.1, 0.15) is 12.4 Å². The number of aliphatic hydroxyl groups is 2. The monoisotopic (exact) mass is 416 g/mol. The van der Waals surface area contributed by atoms with Crippen LogP contribution in [-0.2, 0) is 15.3 Å². The number of rotatable bonds is 3. The van der Waals surface area contributed by atoms with E-state index in [1.54, 1.807) is 5.32 Å². The number of carbonyl (C=O) groups excluding carboxylic acids is 1. The molecule has 1 amide bonds. The number of anilines is 1. The average molecular weight is 416 g/mol. The van der Waals surface area contributed by atoms with Gasteiger partial charge >= 0.3 is 12.1 Å². The number of ether oxygens (including phenoxy) is 1. The number of carbonyl (C=O) groups is 1. The van der Waals surface area contributed by atoms with E-state index in [2.05, 4.69) is 26.8 Å². The Balaban J connectivity index is 2.00. The molecule has 0 aromatic carbocycles. The molecule has 0 radical (unpaired) electrons. The van der Waals surface area contributed by atoms with Crippen molar-refractivity contribution < 1.29 is 32.9 Å². The smallest absolute Gasteiger partial charge is 0.394 e. The van der Waals surface area contributed by atoms with Crippen LogP contribution >= 0.6 is 0 Å². The van der Waals surface area contributed by atoms with Gasteiger partial charge in [0.15, 0.2) is 11.2 Å². The molecule has 29 heavy (non-hydrogen) atoms. The molecule has 1 saturated heterocycles. The number of nitrogens with zero attached hydrogens (tertiary/aromatic N) is 3. The molecular formula is C15H15F3N6O5. The number of imidazole rings is 1. The summed E-state index contributed by atoms with van der Waals surface area (Å²) in [5.41, 5.74) is 3.00. The molecule has 1 fully saturated rings. The van der Waals surface area contributed by atoms with Crippen molar-refractivity contribution in [2.75, 3.05) is 18.9 Å².